The molecular formula is C22H24N4O2S. The van der Waals surface area contributed by atoms with Crippen LogP contribution in [-0.2, 0) is 22.4 Å². The average Bonchev–Trinajstić information content (AvgIpc) is 2.78. The van der Waals surface area contributed by atoms with Crippen LogP contribution in [0, 0.1) is 11.3 Å². The van der Waals surface area contributed by atoms with E-state index in [4.69, 9.17) is 4.74 Å². The van der Waals surface area contributed by atoms with Crippen LogP contribution in [0.15, 0.2) is 35.4 Å². The number of aromatic nitrogens is 1. The predicted octanol–water partition coefficient (Wildman–Crippen LogP) is 3.40. The molecule has 0 bridgehead atoms. The fraction of sp³-hybridized carbons (Fsp3) is 0.409. The number of morpholine rings is 1. The van der Waals surface area contributed by atoms with Crippen LogP contribution in [-0.4, -0.2) is 42.9 Å². The molecule has 1 aromatic carbocycles. The number of aryl methyl sites for hydroxylation is 2. The van der Waals surface area contributed by atoms with Crippen LogP contribution in [0.5, 0.6) is 0 Å². The first-order chi connectivity index (χ1) is 14.2. The van der Waals surface area contributed by atoms with Gasteiger partial charge in [-0.1, -0.05) is 11.8 Å². The molecule has 4 rings (SSSR count). The topological polar surface area (TPSA) is 78.2 Å². The molecule has 0 unspecified atom stereocenters. The van der Waals surface area contributed by atoms with Crippen LogP contribution in [0.3, 0.4) is 0 Å². The first-order valence-corrected chi connectivity index (χ1v) is 11.0. The summed E-state index contributed by atoms with van der Waals surface area (Å²) >= 11 is 1.33. The summed E-state index contributed by atoms with van der Waals surface area (Å²) < 4.78 is 5.38. The maximum atomic E-state index is 12.4. The fourth-order valence-electron chi connectivity index (χ4n) is 3.71. The lowest BCUT2D eigenvalue weighted by Crippen LogP contribution is -2.36. The molecule has 29 heavy (non-hydrogen) atoms. The number of nitrogens with zero attached hydrogens (tertiary/aromatic N) is 3. The van der Waals surface area contributed by atoms with Crippen LogP contribution in [0.2, 0.25) is 0 Å². The molecule has 0 radical (unpaired) electrons. The number of hydrogen-bond donors (Lipinski definition) is 1. The zero-order valence-corrected chi connectivity index (χ0v) is 17.1. The Morgan fingerprint density at radius 1 is 1.21 bits per heavy atom. The van der Waals surface area contributed by atoms with Crippen LogP contribution in [0.25, 0.3) is 0 Å². The number of benzene rings is 1. The smallest absolute Gasteiger partial charge is 0.234 e. The molecule has 150 valence electrons. The SMILES string of the molecule is N#Cc1cc2c(nc1SCC(=O)Nc1ccc(N3CCOCC3)cc1)CCCC2. The number of nitriles is 1. The van der Waals surface area contributed by atoms with Crippen molar-refractivity contribution in [1.82, 2.24) is 4.98 Å². The summed E-state index contributed by atoms with van der Waals surface area (Å²) in [5.41, 5.74) is 4.74. The number of nitrogens with one attached hydrogen (secondary N) is 1. The van der Waals surface area contributed by atoms with Crippen LogP contribution in [0.4, 0.5) is 11.4 Å². The Hall–Kier alpha value is -2.56. The van der Waals surface area contributed by atoms with Gasteiger partial charge < -0.3 is 15.0 Å². The van der Waals surface area contributed by atoms with Gasteiger partial charge in [0.25, 0.3) is 0 Å². The Kier molecular flexibility index (Phi) is 6.33. The van der Waals surface area contributed by atoms with Crippen molar-refractivity contribution in [3.05, 3.63) is 47.2 Å². The second-order valence-corrected chi connectivity index (χ2v) is 8.21. The predicted molar refractivity (Wildman–Crippen MR) is 114 cm³/mol. The minimum atomic E-state index is -0.0995. The first kappa shape index (κ1) is 19.7. The van der Waals surface area contributed by atoms with E-state index in [1.165, 1.54) is 17.3 Å². The molecule has 6 nitrogen and oxygen atoms in total. The van der Waals surface area contributed by atoms with E-state index in [2.05, 4.69) is 21.3 Å². The Morgan fingerprint density at radius 2 is 1.97 bits per heavy atom. The highest BCUT2D eigenvalue weighted by molar-refractivity contribution is 8.00. The van der Waals surface area contributed by atoms with Gasteiger partial charge in [-0.2, -0.15) is 5.26 Å². The van der Waals surface area contributed by atoms with Crippen molar-refractivity contribution in [2.24, 2.45) is 0 Å². The van der Waals surface area contributed by atoms with E-state index in [1.807, 2.05) is 30.3 Å². The summed E-state index contributed by atoms with van der Waals surface area (Å²) in [7, 11) is 0. The maximum Gasteiger partial charge on any atom is 0.234 e. The molecule has 1 N–H and O–H groups in total. The van der Waals surface area contributed by atoms with E-state index in [0.717, 1.165) is 69.1 Å². The Labute approximate surface area is 175 Å². The van der Waals surface area contributed by atoms with Gasteiger partial charge in [0.2, 0.25) is 5.91 Å². The van der Waals surface area contributed by atoms with E-state index >= 15 is 0 Å². The zero-order chi connectivity index (χ0) is 20.1. The molecule has 1 aliphatic heterocycles. The molecule has 1 amide bonds. The second-order valence-electron chi connectivity index (χ2n) is 7.25. The molecule has 1 fully saturated rings. The van der Waals surface area contributed by atoms with Gasteiger partial charge in [0.1, 0.15) is 11.1 Å². The molecule has 2 heterocycles. The van der Waals surface area contributed by atoms with Gasteiger partial charge in [-0.3, -0.25) is 4.79 Å². The van der Waals surface area contributed by atoms with E-state index in [-0.39, 0.29) is 11.7 Å². The summed E-state index contributed by atoms with van der Waals surface area (Å²) in [5, 5.41) is 13.0. The number of amides is 1. The van der Waals surface area contributed by atoms with Crippen molar-refractivity contribution in [1.29, 1.82) is 5.26 Å². The standard InChI is InChI=1S/C22H24N4O2S/c23-14-17-13-16-3-1-2-4-20(16)25-22(17)29-15-21(27)24-18-5-7-19(8-6-18)26-9-11-28-12-10-26/h5-8,13H,1-4,9-12,15H2,(H,24,27). The summed E-state index contributed by atoms with van der Waals surface area (Å²) in [6.45, 7) is 3.27. The molecule has 7 heteroatoms. The van der Waals surface area contributed by atoms with Gasteiger partial charge in [-0.25, -0.2) is 4.98 Å². The Bertz CT molecular complexity index is 918. The van der Waals surface area contributed by atoms with Crippen molar-refractivity contribution in [2.45, 2.75) is 30.7 Å². The number of carbonyl (C=O) groups excluding carboxylic acids is 1. The highest BCUT2D eigenvalue weighted by Crippen LogP contribution is 2.27. The fourth-order valence-corrected chi connectivity index (χ4v) is 4.49. The second kappa shape index (κ2) is 9.29. The summed E-state index contributed by atoms with van der Waals surface area (Å²) in [6.07, 6.45) is 4.23. The number of thioether (sulfide) groups is 1. The number of rotatable bonds is 5. The van der Waals surface area contributed by atoms with Gasteiger partial charge in [0.15, 0.2) is 0 Å². The van der Waals surface area contributed by atoms with Gasteiger partial charge >= 0.3 is 0 Å². The van der Waals surface area contributed by atoms with Crippen molar-refractivity contribution >= 4 is 29.0 Å². The summed E-state index contributed by atoms with van der Waals surface area (Å²) in [6, 6.07) is 12.1. The van der Waals surface area contributed by atoms with Gasteiger partial charge in [0, 0.05) is 30.2 Å². The van der Waals surface area contributed by atoms with E-state index in [0.29, 0.717) is 10.6 Å². The number of carbonyl (C=O) groups is 1. The van der Waals surface area contributed by atoms with E-state index < -0.39 is 0 Å². The third-order valence-corrected chi connectivity index (χ3v) is 6.24. The molecule has 0 saturated carbocycles. The van der Waals surface area contributed by atoms with Gasteiger partial charge in [-0.05, 0) is 61.6 Å². The average molecular weight is 409 g/mol. The Balaban J connectivity index is 1.35. The highest BCUT2D eigenvalue weighted by Gasteiger charge is 2.16. The lowest BCUT2D eigenvalue weighted by molar-refractivity contribution is -0.113. The number of pyridine rings is 1. The lowest BCUT2D eigenvalue weighted by atomic mass is 9.95. The zero-order valence-electron chi connectivity index (χ0n) is 16.3. The third-order valence-electron chi connectivity index (χ3n) is 5.25. The molecule has 1 aromatic heterocycles. The van der Waals surface area contributed by atoms with Crippen LogP contribution >= 0.6 is 11.8 Å². The van der Waals surface area contributed by atoms with Crippen molar-refractivity contribution in [2.75, 3.05) is 42.3 Å². The molecule has 0 spiro atoms. The van der Waals surface area contributed by atoms with Crippen LogP contribution in [0.1, 0.15) is 29.7 Å². The molecule has 1 aliphatic carbocycles. The van der Waals surface area contributed by atoms with Crippen molar-refractivity contribution in [3.63, 3.8) is 0 Å². The number of fused-ring (bicyclic) bond motifs is 1. The normalized spacial score (nSPS) is 16.0. The lowest BCUT2D eigenvalue weighted by Gasteiger charge is -2.28. The molecular weight excluding hydrogens is 384 g/mol. The summed E-state index contributed by atoms with van der Waals surface area (Å²) in [5.74, 6) is 0.128. The first-order valence-electron chi connectivity index (χ1n) is 10.0. The molecule has 2 aliphatic rings. The highest BCUT2D eigenvalue weighted by atomic mass is 32.2. The molecule has 0 atom stereocenters. The largest absolute Gasteiger partial charge is 0.378 e. The molecule has 2 aromatic rings. The van der Waals surface area contributed by atoms with Crippen LogP contribution < -0.4 is 10.2 Å². The van der Waals surface area contributed by atoms with Gasteiger partial charge in [0.05, 0.1) is 24.5 Å². The van der Waals surface area contributed by atoms with Crippen molar-refractivity contribution < 1.29 is 9.53 Å². The summed E-state index contributed by atoms with van der Waals surface area (Å²) in [4.78, 5) is 19.3. The van der Waals surface area contributed by atoms with E-state index in [1.54, 1.807) is 0 Å². The monoisotopic (exact) mass is 408 g/mol. The minimum absolute atomic E-state index is 0.0995. The number of anilines is 2. The number of ether oxygens (including phenoxy) is 1. The number of hydrogen-bond acceptors (Lipinski definition) is 6. The maximum absolute atomic E-state index is 12.4. The molecule has 1 saturated heterocycles. The Morgan fingerprint density at radius 3 is 2.72 bits per heavy atom. The quantitative estimate of drug-likeness (QED) is 0.764. The minimum Gasteiger partial charge on any atom is -0.378 e. The van der Waals surface area contributed by atoms with Gasteiger partial charge in [-0.15, -0.1) is 0 Å². The van der Waals surface area contributed by atoms with Crippen molar-refractivity contribution in [3.8, 4) is 6.07 Å². The van der Waals surface area contributed by atoms with E-state index in [9.17, 15) is 10.1 Å². The third kappa shape index (κ3) is 4.89.